The van der Waals surface area contributed by atoms with Crippen LogP contribution in [0.4, 0.5) is 8.78 Å². The lowest BCUT2D eigenvalue weighted by Crippen LogP contribution is -2.35. The fourth-order valence-electron chi connectivity index (χ4n) is 2.38. The zero-order valence-electron chi connectivity index (χ0n) is 14.0. The number of carbonyl (C=O) groups is 1. The summed E-state index contributed by atoms with van der Waals surface area (Å²) in [6, 6.07) is 15.7. The van der Waals surface area contributed by atoms with Crippen molar-refractivity contribution in [2.45, 2.75) is 25.9 Å². The number of carbonyl (C=O) groups excluding carboxylic acids is 1. The first-order chi connectivity index (χ1) is 12.0. The van der Waals surface area contributed by atoms with Crippen molar-refractivity contribution < 1.29 is 18.3 Å². The Labute approximate surface area is 146 Å². The SMILES string of the molecule is CC(C(=O)NCc1cccc(OCC(F)F)c1)C(N)c1ccccc1. The Morgan fingerprint density at radius 3 is 2.56 bits per heavy atom. The lowest BCUT2D eigenvalue weighted by molar-refractivity contribution is -0.125. The summed E-state index contributed by atoms with van der Waals surface area (Å²) >= 11 is 0. The molecule has 4 nitrogen and oxygen atoms in total. The maximum Gasteiger partial charge on any atom is 0.272 e. The fourth-order valence-corrected chi connectivity index (χ4v) is 2.38. The molecule has 2 unspecified atom stereocenters. The fraction of sp³-hybridized carbons (Fsp3) is 0.316. The van der Waals surface area contributed by atoms with Gasteiger partial charge in [0, 0.05) is 12.6 Å². The molecule has 3 N–H and O–H groups in total. The van der Waals surface area contributed by atoms with Crippen LogP contribution in [0.1, 0.15) is 24.1 Å². The van der Waals surface area contributed by atoms with Crippen LogP contribution in [-0.4, -0.2) is 18.9 Å². The quantitative estimate of drug-likeness (QED) is 0.769. The first-order valence-corrected chi connectivity index (χ1v) is 8.05. The molecule has 134 valence electrons. The van der Waals surface area contributed by atoms with Gasteiger partial charge in [0.25, 0.3) is 6.43 Å². The summed E-state index contributed by atoms with van der Waals surface area (Å²) < 4.78 is 29.3. The number of hydrogen-bond donors (Lipinski definition) is 2. The summed E-state index contributed by atoms with van der Waals surface area (Å²) in [5.41, 5.74) is 7.81. The lowest BCUT2D eigenvalue weighted by Gasteiger charge is -2.20. The van der Waals surface area contributed by atoms with Crippen molar-refractivity contribution in [3.63, 3.8) is 0 Å². The smallest absolute Gasteiger partial charge is 0.272 e. The highest BCUT2D eigenvalue weighted by atomic mass is 19.3. The molecule has 2 aromatic carbocycles. The Balaban J connectivity index is 1.90. The number of halogens is 2. The van der Waals surface area contributed by atoms with Crippen LogP contribution in [0, 0.1) is 5.92 Å². The maximum absolute atomic E-state index is 12.3. The Morgan fingerprint density at radius 1 is 1.16 bits per heavy atom. The van der Waals surface area contributed by atoms with Gasteiger partial charge in [0.15, 0.2) is 0 Å². The minimum Gasteiger partial charge on any atom is -0.488 e. The second-order valence-corrected chi connectivity index (χ2v) is 5.79. The number of rotatable bonds is 8. The van der Waals surface area contributed by atoms with Gasteiger partial charge in [0.2, 0.25) is 5.91 Å². The van der Waals surface area contributed by atoms with Crippen molar-refractivity contribution in [2.75, 3.05) is 6.61 Å². The number of benzene rings is 2. The summed E-state index contributed by atoms with van der Waals surface area (Å²) in [5.74, 6) is -0.225. The largest absolute Gasteiger partial charge is 0.488 e. The summed E-state index contributed by atoms with van der Waals surface area (Å²) in [6.45, 7) is 1.39. The summed E-state index contributed by atoms with van der Waals surface area (Å²) in [6.07, 6.45) is -2.52. The van der Waals surface area contributed by atoms with E-state index in [0.717, 1.165) is 11.1 Å². The van der Waals surface area contributed by atoms with Crippen LogP contribution < -0.4 is 15.8 Å². The van der Waals surface area contributed by atoms with E-state index in [1.807, 2.05) is 30.3 Å². The van der Waals surface area contributed by atoms with E-state index in [9.17, 15) is 13.6 Å². The molecule has 0 radical (unpaired) electrons. The molecule has 2 aromatic rings. The van der Waals surface area contributed by atoms with Crippen molar-refractivity contribution in [2.24, 2.45) is 11.7 Å². The number of alkyl halides is 2. The standard InChI is InChI=1S/C19H22F2N2O2/c1-13(18(22)15-7-3-2-4-8-15)19(24)23-11-14-6-5-9-16(10-14)25-12-17(20)21/h2-10,13,17-18H,11-12,22H2,1H3,(H,23,24). The first-order valence-electron chi connectivity index (χ1n) is 8.05. The van der Waals surface area contributed by atoms with E-state index in [4.69, 9.17) is 10.5 Å². The lowest BCUT2D eigenvalue weighted by atomic mass is 9.94. The van der Waals surface area contributed by atoms with E-state index in [0.29, 0.717) is 5.75 Å². The van der Waals surface area contributed by atoms with Gasteiger partial charge in [-0.3, -0.25) is 4.79 Å². The van der Waals surface area contributed by atoms with E-state index >= 15 is 0 Å². The molecule has 2 atom stereocenters. The van der Waals surface area contributed by atoms with Crippen molar-refractivity contribution in [3.05, 3.63) is 65.7 Å². The summed E-state index contributed by atoms with van der Waals surface area (Å²) in [5, 5.41) is 2.82. The minimum absolute atomic E-state index is 0.171. The molecule has 6 heteroatoms. The molecular weight excluding hydrogens is 326 g/mol. The van der Waals surface area contributed by atoms with Crippen molar-refractivity contribution in [3.8, 4) is 5.75 Å². The van der Waals surface area contributed by atoms with Gasteiger partial charge in [-0.25, -0.2) is 8.78 Å². The van der Waals surface area contributed by atoms with Crippen LogP contribution in [0.25, 0.3) is 0 Å². The van der Waals surface area contributed by atoms with Gasteiger partial charge in [0.1, 0.15) is 12.4 Å². The molecule has 0 spiro atoms. The third-order valence-corrected chi connectivity index (χ3v) is 3.88. The number of nitrogens with two attached hydrogens (primary N) is 1. The van der Waals surface area contributed by atoms with Crippen LogP contribution in [0.15, 0.2) is 54.6 Å². The predicted octanol–water partition coefficient (Wildman–Crippen LogP) is 3.28. The average molecular weight is 348 g/mol. The van der Waals surface area contributed by atoms with Gasteiger partial charge in [-0.15, -0.1) is 0 Å². The highest BCUT2D eigenvalue weighted by Crippen LogP contribution is 2.19. The molecule has 0 heterocycles. The second kappa shape index (κ2) is 9.13. The van der Waals surface area contributed by atoms with Crippen molar-refractivity contribution >= 4 is 5.91 Å². The van der Waals surface area contributed by atoms with Crippen molar-refractivity contribution in [1.82, 2.24) is 5.32 Å². The first kappa shape index (κ1) is 18.9. The van der Waals surface area contributed by atoms with Gasteiger partial charge in [-0.2, -0.15) is 0 Å². The number of amides is 1. The van der Waals surface area contributed by atoms with Crippen LogP contribution in [0.5, 0.6) is 5.75 Å². The van der Waals surface area contributed by atoms with E-state index in [1.54, 1.807) is 31.2 Å². The Morgan fingerprint density at radius 2 is 1.88 bits per heavy atom. The molecule has 0 aliphatic heterocycles. The number of ether oxygens (including phenoxy) is 1. The molecular formula is C19H22F2N2O2. The maximum atomic E-state index is 12.3. The third kappa shape index (κ3) is 5.83. The molecule has 0 aliphatic rings. The molecule has 0 saturated carbocycles. The van der Waals surface area contributed by atoms with Gasteiger partial charge >= 0.3 is 0 Å². The Hall–Kier alpha value is -2.47. The normalized spacial score (nSPS) is 13.3. The highest BCUT2D eigenvalue weighted by Gasteiger charge is 2.21. The molecule has 2 rings (SSSR count). The molecule has 0 fully saturated rings. The van der Waals surface area contributed by atoms with Crippen molar-refractivity contribution in [1.29, 1.82) is 0 Å². The molecule has 1 amide bonds. The van der Waals surface area contributed by atoms with Gasteiger partial charge < -0.3 is 15.8 Å². The molecule has 0 aliphatic carbocycles. The van der Waals surface area contributed by atoms with Gasteiger partial charge in [0.05, 0.1) is 5.92 Å². The number of nitrogens with one attached hydrogen (secondary N) is 1. The van der Waals surface area contributed by atoms with E-state index in [2.05, 4.69) is 5.32 Å². The highest BCUT2D eigenvalue weighted by molar-refractivity contribution is 5.79. The summed E-state index contributed by atoms with van der Waals surface area (Å²) in [4.78, 5) is 12.3. The molecule has 25 heavy (non-hydrogen) atoms. The second-order valence-electron chi connectivity index (χ2n) is 5.79. The zero-order chi connectivity index (χ0) is 18.2. The van der Waals surface area contributed by atoms with Crippen LogP contribution in [0.2, 0.25) is 0 Å². The summed E-state index contributed by atoms with van der Waals surface area (Å²) in [7, 11) is 0. The topological polar surface area (TPSA) is 64.3 Å². The van der Waals surface area contributed by atoms with Gasteiger partial charge in [-0.05, 0) is 23.3 Å². The minimum atomic E-state index is -2.52. The van der Waals surface area contributed by atoms with E-state index < -0.39 is 25.0 Å². The van der Waals surface area contributed by atoms with E-state index in [1.165, 1.54) is 0 Å². The molecule has 0 aromatic heterocycles. The molecule has 0 saturated heterocycles. The monoisotopic (exact) mass is 348 g/mol. The third-order valence-electron chi connectivity index (χ3n) is 3.88. The Bertz CT molecular complexity index is 680. The predicted molar refractivity (Wildman–Crippen MR) is 92.3 cm³/mol. The Kier molecular flexibility index (Phi) is 6.89. The van der Waals surface area contributed by atoms with Crippen LogP contribution in [0.3, 0.4) is 0 Å². The molecule has 0 bridgehead atoms. The van der Waals surface area contributed by atoms with Gasteiger partial charge in [-0.1, -0.05) is 49.4 Å². The zero-order valence-corrected chi connectivity index (χ0v) is 14.0. The average Bonchev–Trinajstić information content (AvgIpc) is 2.64. The number of hydrogen-bond acceptors (Lipinski definition) is 3. The van der Waals surface area contributed by atoms with E-state index in [-0.39, 0.29) is 12.5 Å². The van der Waals surface area contributed by atoms with Crippen LogP contribution in [-0.2, 0) is 11.3 Å². The van der Waals surface area contributed by atoms with Crippen LogP contribution >= 0.6 is 0 Å².